The van der Waals surface area contributed by atoms with Crippen LogP contribution in [0, 0.1) is 0 Å². The third-order valence-corrected chi connectivity index (χ3v) is 11.9. The van der Waals surface area contributed by atoms with Crippen LogP contribution in [0.25, 0.3) is 11.3 Å². The van der Waals surface area contributed by atoms with Crippen LogP contribution in [0.4, 0.5) is 22.2 Å². The van der Waals surface area contributed by atoms with Crippen molar-refractivity contribution in [3.8, 4) is 11.3 Å². The van der Waals surface area contributed by atoms with Crippen molar-refractivity contribution in [1.82, 2.24) is 19.9 Å². The number of benzene rings is 1. The molecule has 0 saturated carbocycles. The van der Waals surface area contributed by atoms with E-state index in [-0.39, 0.29) is 11.6 Å². The molecule has 0 bridgehead atoms. The molecule has 0 atom stereocenters. The highest BCUT2D eigenvalue weighted by Crippen LogP contribution is 2.37. The summed E-state index contributed by atoms with van der Waals surface area (Å²) >= 11 is 0. The summed E-state index contributed by atoms with van der Waals surface area (Å²) in [5.41, 5.74) is 2.89. The van der Waals surface area contributed by atoms with E-state index in [4.69, 9.17) is 13.9 Å². The molecule has 45 heavy (non-hydrogen) atoms. The number of carbonyl (C=O) groups is 2. The molecule has 1 amide bonds. The molecule has 0 aliphatic rings. The van der Waals surface area contributed by atoms with Crippen LogP contribution in [-0.4, -0.2) is 72.6 Å². The molecule has 0 spiro atoms. The summed E-state index contributed by atoms with van der Waals surface area (Å²) in [6.45, 7) is 17.8. The number of nitrogens with zero attached hydrogens (tertiary/aromatic N) is 4. The SMILES string of the molecule is COC(=O)CN(CCCNc1ccc(-c2ccnc(Nc3cccc(CO[Si](C)(C)C(C)(C)C)c3)n2)cn1)C(=O)OC(C)(C)C. The number of hydrogen-bond donors (Lipinski definition) is 2. The molecule has 12 heteroatoms. The Bertz CT molecular complexity index is 1420. The largest absolute Gasteiger partial charge is 0.468 e. The summed E-state index contributed by atoms with van der Waals surface area (Å²) in [6, 6.07) is 13.8. The van der Waals surface area contributed by atoms with Crippen molar-refractivity contribution in [2.75, 3.05) is 37.4 Å². The Hall–Kier alpha value is -4.03. The number of nitrogens with one attached hydrogen (secondary N) is 2. The lowest BCUT2D eigenvalue weighted by Crippen LogP contribution is -2.41. The minimum Gasteiger partial charge on any atom is -0.468 e. The molecule has 0 unspecified atom stereocenters. The van der Waals surface area contributed by atoms with Gasteiger partial charge in [0.1, 0.15) is 18.0 Å². The Morgan fingerprint density at radius 2 is 1.76 bits per heavy atom. The lowest BCUT2D eigenvalue weighted by molar-refractivity contribution is -0.141. The maximum atomic E-state index is 12.5. The van der Waals surface area contributed by atoms with Crippen molar-refractivity contribution < 1.29 is 23.5 Å². The fourth-order valence-electron chi connectivity index (χ4n) is 3.85. The van der Waals surface area contributed by atoms with Crippen LogP contribution in [0.5, 0.6) is 0 Å². The molecular formula is C33H48N6O5Si. The molecule has 244 valence electrons. The standard InChI is InChI=1S/C33H48N6O5Si/c1-32(2,3)44-31(41)39(22-29(40)42-7)19-11-17-34-28-15-14-25(21-36-28)27-16-18-35-30(38-27)37-26-13-10-12-24(20-26)23-43-45(8,9)33(4,5)6/h10,12-16,18,20-21H,11,17,19,22-23H2,1-9H3,(H,34,36)(H,35,37,38). The maximum Gasteiger partial charge on any atom is 0.410 e. The minimum atomic E-state index is -1.85. The van der Waals surface area contributed by atoms with E-state index in [1.165, 1.54) is 12.0 Å². The lowest BCUT2D eigenvalue weighted by Gasteiger charge is -2.36. The van der Waals surface area contributed by atoms with Crippen LogP contribution in [-0.2, 0) is 25.3 Å². The minimum absolute atomic E-state index is 0.151. The number of rotatable bonds is 13. The second kappa shape index (κ2) is 15.3. The fraction of sp³-hybridized carbons (Fsp3) is 0.485. The summed E-state index contributed by atoms with van der Waals surface area (Å²) in [6.07, 6.45) is 3.48. The maximum absolute atomic E-state index is 12.5. The van der Waals surface area contributed by atoms with Gasteiger partial charge in [0.15, 0.2) is 8.32 Å². The normalized spacial score (nSPS) is 11.9. The van der Waals surface area contributed by atoms with Crippen LogP contribution >= 0.6 is 0 Å². The van der Waals surface area contributed by atoms with Gasteiger partial charge in [-0.1, -0.05) is 32.9 Å². The third-order valence-electron chi connectivity index (χ3n) is 7.41. The van der Waals surface area contributed by atoms with Gasteiger partial charge in [-0.2, -0.15) is 0 Å². The van der Waals surface area contributed by atoms with E-state index in [1.807, 2.05) is 30.3 Å². The summed E-state index contributed by atoms with van der Waals surface area (Å²) in [5.74, 6) is 0.660. The Morgan fingerprint density at radius 3 is 2.40 bits per heavy atom. The highest BCUT2D eigenvalue weighted by molar-refractivity contribution is 6.74. The number of ether oxygens (including phenoxy) is 2. The van der Waals surface area contributed by atoms with Crippen molar-refractivity contribution in [2.45, 2.75) is 78.3 Å². The fourth-order valence-corrected chi connectivity index (χ4v) is 4.81. The van der Waals surface area contributed by atoms with Crippen LogP contribution in [0.3, 0.4) is 0 Å². The van der Waals surface area contributed by atoms with Crippen molar-refractivity contribution in [1.29, 1.82) is 0 Å². The van der Waals surface area contributed by atoms with Crippen molar-refractivity contribution in [2.24, 2.45) is 0 Å². The van der Waals surface area contributed by atoms with Gasteiger partial charge < -0.3 is 24.5 Å². The number of anilines is 3. The van der Waals surface area contributed by atoms with Gasteiger partial charge in [0, 0.05) is 36.7 Å². The summed E-state index contributed by atoms with van der Waals surface area (Å²) < 4.78 is 16.5. The zero-order chi connectivity index (χ0) is 33.3. The van der Waals surface area contributed by atoms with Crippen molar-refractivity contribution >= 4 is 37.8 Å². The first-order valence-electron chi connectivity index (χ1n) is 15.1. The number of aromatic nitrogens is 3. The van der Waals surface area contributed by atoms with Gasteiger partial charge in [-0.05, 0) is 81.2 Å². The second-order valence-corrected chi connectivity index (χ2v) is 18.1. The van der Waals surface area contributed by atoms with Gasteiger partial charge in [-0.3, -0.25) is 9.69 Å². The quantitative estimate of drug-likeness (QED) is 0.115. The molecule has 3 aromatic rings. The smallest absolute Gasteiger partial charge is 0.410 e. The van der Waals surface area contributed by atoms with Gasteiger partial charge in [0.2, 0.25) is 5.95 Å². The molecule has 3 rings (SSSR count). The van der Waals surface area contributed by atoms with Gasteiger partial charge in [-0.25, -0.2) is 19.7 Å². The predicted molar refractivity (Wildman–Crippen MR) is 180 cm³/mol. The van der Waals surface area contributed by atoms with Gasteiger partial charge >= 0.3 is 12.1 Å². The van der Waals surface area contributed by atoms with Crippen LogP contribution in [0.15, 0.2) is 54.9 Å². The second-order valence-electron chi connectivity index (χ2n) is 13.3. The Balaban J connectivity index is 1.56. The van der Waals surface area contributed by atoms with Gasteiger partial charge in [0.05, 0.1) is 19.4 Å². The highest BCUT2D eigenvalue weighted by Gasteiger charge is 2.37. The van der Waals surface area contributed by atoms with E-state index >= 15 is 0 Å². The number of amides is 1. The number of hydrogen-bond acceptors (Lipinski definition) is 10. The molecule has 0 aliphatic heterocycles. The summed E-state index contributed by atoms with van der Waals surface area (Å²) in [4.78, 5) is 39.3. The van der Waals surface area contributed by atoms with E-state index in [9.17, 15) is 9.59 Å². The Kier molecular flexibility index (Phi) is 12.1. The predicted octanol–water partition coefficient (Wildman–Crippen LogP) is 7.02. The molecular weight excluding hydrogens is 588 g/mol. The zero-order valence-corrected chi connectivity index (χ0v) is 29.1. The first-order valence-corrected chi connectivity index (χ1v) is 18.1. The topological polar surface area (TPSA) is 128 Å². The molecule has 0 aliphatic carbocycles. The van der Waals surface area contributed by atoms with Crippen LogP contribution < -0.4 is 10.6 Å². The Labute approximate surface area is 268 Å². The first kappa shape index (κ1) is 35.4. The van der Waals surface area contributed by atoms with Gasteiger partial charge in [0.25, 0.3) is 0 Å². The summed E-state index contributed by atoms with van der Waals surface area (Å²) in [7, 11) is -0.562. The van der Waals surface area contributed by atoms with E-state index in [2.05, 4.69) is 71.6 Å². The molecule has 2 N–H and O–H groups in total. The molecule has 0 saturated heterocycles. The monoisotopic (exact) mass is 636 g/mol. The number of methoxy groups -OCH3 is 1. The zero-order valence-electron chi connectivity index (χ0n) is 28.1. The van der Waals surface area contributed by atoms with Crippen LogP contribution in [0.1, 0.15) is 53.5 Å². The molecule has 2 heterocycles. The average Bonchev–Trinajstić information content (AvgIpc) is 2.96. The Morgan fingerprint density at radius 1 is 1.00 bits per heavy atom. The van der Waals surface area contributed by atoms with Gasteiger partial charge in [-0.15, -0.1) is 0 Å². The van der Waals surface area contributed by atoms with E-state index in [0.29, 0.717) is 37.9 Å². The van der Waals surface area contributed by atoms with E-state index < -0.39 is 26.0 Å². The van der Waals surface area contributed by atoms with Crippen molar-refractivity contribution in [3.63, 3.8) is 0 Å². The number of carbonyl (C=O) groups excluding carboxylic acids is 2. The molecule has 11 nitrogen and oxygen atoms in total. The number of pyridine rings is 1. The number of esters is 1. The molecule has 0 radical (unpaired) electrons. The highest BCUT2D eigenvalue weighted by atomic mass is 28.4. The first-order chi connectivity index (χ1) is 21.1. The van der Waals surface area contributed by atoms with Crippen LogP contribution in [0.2, 0.25) is 18.1 Å². The average molecular weight is 637 g/mol. The lowest BCUT2D eigenvalue weighted by atomic mass is 10.2. The van der Waals surface area contributed by atoms with E-state index in [1.54, 1.807) is 33.2 Å². The summed E-state index contributed by atoms with van der Waals surface area (Å²) in [5, 5.41) is 6.71. The third kappa shape index (κ3) is 11.4. The van der Waals surface area contributed by atoms with E-state index in [0.717, 1.165) is 22.5 Å². The molecule has 0 fully saturated rings. The molecule has 1 aromatic carbocycles. The molecule has 2 aromatic heterocycles. The van der Waals surface area contributed by atoms with Crippen molar-refractivity contribution in [3.05, 3.63) is 60.4 Å².